The van der Waals surface area contributed by atoms with Gasteiger partial charge in [0.05, 0.1) is 55.9 Å². The number of aromatic amines is 4. The number of hydrogen-bond acceptors (Lipinski definition) is 4. The molecule has 16 aromatic rings. The van der Waals surface area contributed by atoms with Crippen molar-refractivity contribution in [2.45, 2.75) is 0 Å². The largest absolute Gasteiger partial charge is 0.354 e. The molecule has 16 bridgehead atoms. The van der Waals surface area contributed by atoms with Gasteiger partial charge in [-0.05, 0) is 106 Å². The Hall–Kier alpha value is -11.5. The Kier molecular flexibility index (Phi) is 9.93. The molecule has 10 heterocycles. The highest BCUT2D eigenvalue weighted by molar-refractivity contribution is 6.39. The first kappa shape index (κ1) is 46.3. The Morgan fingerprint density at radius 1 is 0.226 bits per heavy atom. The van der Waals surface area contributed by atoms with Crippen LogP contribution in [0.25, 0.3) is 190 Å². The first-order valence-corrected chi connectivity index (χ1v) is 28.5. The van der Waals surface area contributed by atoms with Crippen molar-refractivity contribution in [2.24, 2.45) is 0 Å². The molecule has 390 valence electrons. The second-order valence-electron chi connectivity index (χ2n) is 21.9. The Morgan fingerprint density at radius 3 is 0.810 bits per heavy atom. The van der Waals surface area contributed by atoms with Gasteiger partial charge >= 0.3 is 0 Å². The smallest absolute Gasteiger partial charge is 0.0818 e. The highest BCUT2D eigenvalue weighted by atomic mass is 14.8. The maximum Gasteiger partial charge on any atom is 0.0818 e. The van der Waals surface area contributed by atoms with Crippen LogP contribution in [0.3, 0.4) is 0 Å². The molecule has 2 aliphatic heterocycles. The van der Waals surface area contributed by atoms with Gasteiger partial charge in [-0.25, -0.2) is 19.9 Å². The fraction of sp³-hybridized carbons (Fsp3) is 0. The topological polar surface area (TPSA) is 115 Å². The lowest BCUT2D eigenvalue weighted by molar-refractivity contribution is 1.32. The molecule has 18 rings (SSSR count). The van der Waals surface area contributed by atoms with Gasteiger partial charge in [0.1, 0.15) is 0 Å². The summed E-state index contributed by atoms with van der Waals surface area (Å²) in [5, 5.41) is 6.06. The lowest BCUT2D eigenvalue weighted by Crippen LogP contribution is -1.88. The van der Waals surface area contributed by atoms with Crippen molar-refractivity contribution < 1.29 is 0 Å². The number of nitrogens with zero attached hydrogens (tertiary/aromatic N) is 4. The van der Waals surface area contributed by atoms with Crippen molar-refractivity contribution in [3.05, 3.63) is 253 Å². The summed E-state index contributed by atoms with van der Waals surface area (Å²) in [6.07, 6.45) is 8.67. The number of hydrogen-bond donors (Lipinski definition) is 4. The first-order chi connectivity index (χ1) is 41.6. The van der Waals surface area contributed by atoms with Gasteiger partial charge in [-0.15, -0.1) is 0 Å². The quantitative estimate of drug-likeness (QED) is 0.133. The zero-order valence-electron chi connectivity index (χ0n) is 45.0. The molecule has 8 aromatic heterocycles. The number of nitrogens with one attached hydrogen (secondary N) is 4. The van der Waals surface area contributed by atoms with Crippen molar-refractivity contribution in [2.75, 3.05) is 0 Å². The van der Waals surface area contributed by atoms with Crippen molar-refractivity contribution >= 4 is 123 Å². The van der Waals surface area contributed by atoms with Gasteiger partial charge in [0.25, 0.3) is 0 Å². The lowest BCUT2D eigenvalue weighted by Gasteiger charge is -2.07. The van der Waals surface area contributed by atoms with E-state index in [1.165, 1.54) is 0 Å². The highest BCUT2D eigenvalue weighted by Gasteiger charge is 2.27. The van der Waals surface area contributed by atoms with Crippen LogP contribution in [0.1, 0.15) is 22.8 Å². The van der Waals surface area contributed by atoms with Crippen molar-refractivity contribution in [1.82, 2.24) is 39.9 Å². The molecule has 0 fully saturated rings. The summed E-state index contributed by atoms with van der Waals surface area (Å²) in [4.78, 5) is 39.4. The number of benzene rings is 8. The third-order valence-electron chi connectivity index (χ3n) is 17.2. The number of rotatable bonds is 6. The third-order valence-corrected chi connectivity index (χ3v) is 17.2. The normalized spacial score (nSPS) is 12.4. The molecular weight excluding hydrogens is 1020 g/mol. The molecule has 0 saturated heterocycles. The molecule has 0 spiro atoms. The van der Waals surface area contributed by atoms with E-state index in [1.807, 2.05) is 0 Å². The van der Waals surface area contributed by atoms with Gasteiger partial charge in [0.2, 0.25) is 0 Å². The maximum absolute atomic E-state index is 5.95. The van der Waals surface area contributed by atoms with Crippen LogP contribution in [-0.4, -0.2) is 39.9 Å². The number of H-pyrrole nitrogens is 4. The minimum atomic E-state index is 0.845. The van der Waals surface area contributed by atoms with Gasteiger partial charge in [-0.2, -0.15) is 0 Å². The van der Waals surface area contributed by atoms with E-state index in [0.29, 0.717) is 0 Å². The molecule has 0 atom stereocenters. The van der Waals surface area contributed by atoms with E-state index in [2.05, 4.69) is 275 Å². The monoisotopic (exact) mass is 1070 g/mol. The van der Waals surface area contributed by atoms with Crippen LogP contribution >= 0.6 is 0 Å². The Balaban J connectivity index is 1.12. The predicted octanol–water partition coefficient (Wildman–Crippen LogP) is 19.6. The number of fused-ring (bicyclic) bond motifs is 14. The summed E-state index contributed by atoms with van der Waals surface area (Å²) in [7, 11) is 0. The van der Waals surface area contributed by atoms with E-state index in [4.69, 9.17) is 19.9 Å². The lowest BCUT2D eigenvalue weighted by atomic mass is 9.97. The molecule has 0 aliphatic carbocycles. The van der Waals surface area contributed by atoms with Crippen molar-refractivity contribution in [3.63, 3.8) is 0 Å². The molecule has 8 nitrogen and oxygen atoms in total. The molecule has 4 N–H and O–H groups in total. The summed E-state index contributed by atoms with van der Waals surface area (Å²) >= 11 is 0. The number of aromatic nitrogens is 8. The van der Waals surface area contributed by atoms with E-state index >= 15 is 0 Å². The Bertz CT molecular complexity index is 5270. The second-order valence-corrected chi connectivity index (χ2v) is 21.9. The van der Waals surface area contributed by atoms with Crippen molar-refractivity contribution in [1.29, 1.82) is 0 Å². The van der Waals surface area contributed by atoms with Crippen LogP contribution in [-0.2, 0) is 0 Å². The van der Waals surface area contributed by atoms with Crippen LogP contribution in [0.4, 0.5) is 0 Å². The zero-order valence-corrected chi connectivity index (χ0v) is 45.0. The van der Waals surface area contributed by atoms with E-state index in [9.17, 15) is 0 Å². The summed E-state index contributed by atoms with van der Waals surface area (Å²) in [6, 6.07) is 81.8. The fourth-order valence-electron chi connectivity index (χ4n) is 13.5. The molecule has 0 unspecified atom stereocenters. The summed E-state index contributed by atoms with van der Waals surface area (Å²) in [6.45, 7) is 0. The Labute approximate surface area is 480 Å². The molecule has 2 aliphatic rings. The second kappa shape index (κ2) is 18.0. The van der Waals surface area contributed by atoms with Crippen LogP contribution in [0, 0.1) is 0 Å². The zero-order chi connectivity index (χ0) is 55.0. The predicted molar refractivity (Wildman–Crippen MR) is 349 cm³/mol. The van der Waals surface area contributed by atoms with E-state index < -0.39 is 0 Å². The Morgan fingerprint density at radius 2 is 0.500 bits per heavy atom. The van der Waals surface area contributed by atoms with Gasteiger partial charge in [0.15, 0.2) is 0 Å². The van der Waals surface area contributed by atoms with Crippen LogP contribution in [0.15, 0.2) is 231 Å². The molecule has 0 amide bonds. The molecular formula is C76H46N8. The fourth-order valence-corrected chi connectivity index (χ4v) is 13.5. The summed E-state index contributed by atoms with van der Waals surface area (Å²) < 4.78 is 0. The van der Waals surface area contributed by atoms with Crippen LogP contribution < -0.4 is 0 Å². The van der Waals surface area contributed by atoms with E-state index in [-0.39, 0.29) is 0 Å². The maximum atomic E-state index is 5.95. The highest BCUT2D eigenvalue weighted by Crippen LogP contribution is 2.49. The standard InChI is InChI=1S/C76H46N8/c1-7-19-43(20-8-1)65-53-31-35-57(77-53)67(45-23-11-3-12-24-45)61-39-49-51-41-63-69(47-27-15-5-16-28-47)59-37-33-55(79-59)66(44-21-9-2-10-22-44)56-34-38-60(80-56)70(48-29-17-6-18-30-48)64-42-52-50-40-62(68(46-25-13-4-14-26-46)58-36-32-54(65)78-58)82-74(50)71(73(49)81-61)72(75(51)83-63)76(52)84-64/h1-42,77,79,82,84H. The van der Waals surface area contributed by atoms with Gasteiger partial charge in [-0.3, -0.25) is 0 Å². The first-order valence-electron chi connectivity index (χ1n) is 28.5. The average molecular weight is 1070 g/mol. The van der Waals surface area contributed by atoms with Gasteiger partial charge < -0.3 is 19.9 Å². The van der Waals surface area contributed by atoms with Crippen LogP contribution in [0.2, 0.25) is 0 Å². The molecule has 8 aromatic carbocycles. The minimum Gasteiger partial charge on any atom is -0.354 e. The minimum absolute atomic E-state index is 0.845. The molecule has 0 radical (unpaired) electrons. The SMILES string of the molecule is C1=Cc2nc1c(-c1ccccc1)c1ccc([nH]1)c(-c1ccccc1)c1cc3c4cc5nc4c4c6[nH]c(cc6c6cc([nH]c6c4c3n1)c2-c1ccccc1)c(-c1ccccc1)c1nc(c(-c2ccccc2)c2ccc([nH]2)c5-c2ccccc2)C=C1. The van der Waals surface area contributed by atoms with E-state index in [0.717, 1.165) is 188 Å². The average Bonchev–Trinajstić information content (AvgIpc) is 1.64. The molecule has 0 saturated carbocycles. The third kappa shape index (κ3) is 7.01. The van der Waals surface area contributed by atoms with Crippen LogP contribution in [0.5, 0.6) is 0 Å². The van der Waals surface area contributed by atoms with Crippen molar-refractivity contribution in [3.8, 4) is 66.8 Å². The molecule has 84 heavy (non-hydrogen) atoms. The van der Waals surface area contributed by atoms with Gasteiger partial charge in [-0.1, -0.05) is 182 Å². The molecule has 8 heteroatoms. The van der Waals surface area contributed by atoms with Gasteiger partial charge in [0, 0.05) is 98.8 Å². The summed E-state index contributed by atoms with van der Waals surface area (Å²) in [5.41, 5.74) is 26.7. The summed E-state index contributed by atoms with van der Waals surface area (Å²) in [5.74, 6) is 0. The van der Waals surface area contributed by atoms with E-state index in [1.54, 1.807) is 0 Å².